The van der Waals surface area contributed by atoms with E-state index in [1.165, 1.54) is 0 Å². The highest BCUT2D eigenvalue weighted by molar-refractivity contribution is 5.82. The number of rotatable bonds is 5. The quantitative estimate of drug-likeness (QED) is 0.895. The molecular weight excluding hydrogens is 328 g/mol. The Kier molecular flexibility index (Phi) is 5.49. The average molecular weight is 350 g/mol. The number of nitriles is 1. The number of nitrogens with two attached hydrogens (primary N) is 1. The highest BCUT2D eigenvalue weighted by atomic mass is 16.5. The van der Waals surface area contributed by atoms with Crippen molar-refractivity contribution in [3.8, 4) is 17.7 Å². The van der Waals surface area contributed by atoms with E-state index in [9.17, 15) is 4.79 Å². The van der Waals surface area contributed by atoms with E-state index in [0.29, 0.717) is 24.6 Å². The number of pyridine rings is 1. The van der Waals surface area contributed by atoms with Crippen molar-refractivity contribution in [2.45, 2.75) is 38.3 Å². The van der Waals surface area contributed by atoms with Crippen LogP contribution in [0.5, 0.6) is 11.6 Å². The molecule has 0 radical (unpaired) electrons. The van der Waals surface area contributed by atoms with Crippen molar-refractivity contribution in [1.82, 2.24) is 9.88 Å². The third kappa shape index (κ3) is 4.19. The Morgan fingerprint density at radius 3 is 2.81 bits per heavy atom. The van der Waals surface area contributed by atoms with Crippen LogP contribution in [0.2, 0.25) is 0 Å². The number of aromatic nitrogens is 1. The van der Waals surface area contributed by atoms with Crippen molar-refractivity contribution in [2.24, 2.45) is 5.73 Å². The van der Waals surface area contributed by atoms with Crippen LogP contribution in [0.4, 0.5) is 0 Å². The molecule has 26 heavy (non-hydrogen) atoms. The molecule has 1 aliphatic rings. The number of carbonyl (C=O) groups is 1. The van der Waals surface area contributed by atoms with Gasteiger partial charge < -0.3 is 15.4 Å². The number of likely N-dealkylation sites (tertiary alicyclic amines) is 1. The highest BCUT2D eigenvalue weighted by Crippen LogP contribution is 2.21. The molecule has 1 amide bonds. The van der Waals surface area contributed by atoms with E-state index in [1.807, 2.05) is 43.3 Å². The van der Waals surface area contributed by atoms with Crippen molar-refractivity contribution < 1.29 is 9.53 Å². The SMILES string of the molecule is Cc1ccc(Oc2ccc(C[C@H](N)C(=O)N3CCCC3C#N)cc2)nc1. The minimum Gasteiger partial charge on any atom is -0.439 e. The van der Waals surface area contributed by atoms with Gasteiger partial charge in [0, 0.05) is 18.8 Å². The number of ether oxygens (including phenoxy) is 1. The first-order valence-corrected chi connectivity index (χ1v) is 8.72. The van der Waals surface area contributed by atoms with Gasteiger partial charge in [-0.25, -0.2) is 4.98 Å². The molecule has 0 saturated carbocycles. The van der Waals surface area contributed by atoms with Gasteiger partial charge in [-0.05, 0) is 49.4 Å². The molecule has 1 unspecified atom stereocenters. The van der Waals surface area contributed by atoms with Crippen LogP contribution < -0.4 is 10.5 Å². The lowest BCUT2D eigenvalue weighted by Gasteiger charge is -2.23. The lowest BCUT2D eigenvalue weighted by atomic mass is 10.1. The zero-order chi connectivity index (χ0) is 18.5. The van der Waals surface area contributed by atoms with Crippen LogP contribution in [-0.2, 0) is 11.2 Å². The third-order valence-electron chi connectivity index (χ3n) is 4.49. The molecule has 1 fully saturated rings. The smallest absolute Gasteiger partial charge is 0.240 e. The van der Waals surface area contributed by atoms with Crippen LogP contribution in [0, 0.1) is 18.3 Å². The highest BCUT2D eigenvalue weighted by Gasteiger charge is 2.31. The van der Waals surface area contributed by atoms with Crippen molar-refractivity contribution >= 4 is 5.91 Å². The summed E-state index contributed by atoms with van der Waals surface area (Å²) in [5.41, 5.74) is 8.10. The van der Waals surface area contributed by atoms with Gasteiger partial charge in [-0.3, -0.25) is 4.79 Å². The molecule has 2 heterocycles. The standard InChI is InChI=1S/C20H22N4O2/c1-14-4-9-19(23-13-14)26-17-7-5-15(6-8-17)11-18(22)20(25)24-10-2-3-16(24)12-21/h4-9,13,16,18H,2-3,10-11,22H2,1H3/t16?,18-/m0/s1. The number of benzene rings is 1. The fourth-order valence-corrected chi connectivity index (χ4v) is 3.05. The summed E-state index contributed by atoms with van der Waals surface area (Å²) in [4.78, 5) is 18.3. The normalized spacial score (nSPS) is 17.6. The van der Waals surface area contributed by atoms with Crippen LogP contribution in [0.15, 0.2) is 42.6 Å². The fraction of sp³-hybridized carbons (Fsp3) is 0.350. The Morgan fingerprint density at radius 1 is 1.38 bits per heavy atom. The molecular formula is C20H22N4O2. The van der Waals surface area contributed by atoms with E-state index >= 15 is 0 Å². The summed E-state index contributed by atoms with van der Waals surface area (Å²) in [6.45, 7) is 2.58. The number of hydrogen-bond acceptors (Lipinski definition) is 5. The minimum atomic E-state index is -0.644. The van der Waals surface area contributed by atoms with Crippen LogP contribution in [0.25, 0.3) is 0 Å². The third-order valence-corrected chi connectivity index (χ3v) is 4.49. The van der Waals surface area contributed by atoms with E-state index in [4.69, 9.17) is 15.7 Å². The summed E-state index contributed by atoms with van der Waals surface area (Å²) in [7, 11) is 0. The summed E-state index contributed by atoms with van der Waals surface area (Å²) in [5, 5.41) is 9.12. The predicted molar refractivity (Wildman–Crippen MR) is 97.5 cm³/mol. The Hall–Kier alpha value is -2.91. The van der Waals surface area contributed by atoms with E-state index < -0.39 is 6.04 Å². The average Bonchev–Trinajstić information content (AvgIpc) is 3.13. The van der Waals surface area contributed by atoms with Gasteiger partial charge in [0.05, 0.1) is 12.1 Å². The van der Waals surface area contributed by atoms with Gasteiger partial charge in [0.15, 0.2) is 0 Å². The van der Waals surface area contributed by atoms with Crippen molar-refractivity contribution in [3.63, 3.8) is 0 Å². The molecule has 3 rings (SSSR count). The summed E-state index contributed by atoms with van der Waals surface area (Å²) in [5.74, 6) is 1.05. The second-order valence-electron chi connectivity index (χ2n) is 6.55. The van der Waals surface area contributed by atoms with Gasteiger partial charge in [0.25, 0.3) is 0 Å². The number of amides is 1. The van der Waals surface area contributed by atoms with Gasteiger partial charge in [0.1, 0.15) is 11.8 Å². The molecule has 0 aliphatic carbocycles. The number of aryl methyl sites for hydroxylation is 1. The van der Waals surface area contributed by atoms with Crippen molar-refractivity contribution in [1.29, 1.82) is 5.26 Å². The molecule has 0 bridgehead atoms. The first-order valence-electron chi connectivity index (χ1n) is 8.72. The zero-order valence-corrected chi connectivity index (χ0v) is 14.8. The maximum Gasteiger partial charge on any atom is 0.240 e. The first kappa shape index (κ1) is 17.9. The maximum atomic E-state index is 12.5. The summed E-state index contributed by atoms with van der Waals surface area (Å²) >= 11 is 0. The first-order chi connectivity index (χ1) is 12.6. The van der Waals surface area contributed by atoms with E-state index in [2.05, 4.69) is 11.1 Å². The second kappa shape index (κ2) is 7.98. The molecule has 1 aromatic carbocycles. The van der Waals surface area contributed by atoms with Crippen LogP contribution >= 0.6 is 0 Å². The maximum absolute atomic E-state index is 12.5. The van der Waals surface area contributed by atoms with Crippen molar-refractivity contribution in [2.75, 3.05) is 6.54 Å². The molecule has 0 spiro atoms. The molecule has 1 aromatic heterocycles. The zero-order valence-electron chi connectivity index (χ0n) is 14.8. The lowest BCUT2D eigenvalue weighted by Crippen LogP contribution is -2.46. The Bertz CT molecular complexity index is 796. The van der Waals surface area contributed by atoms with E-state index in [0.717, 1.165) is 24.0 Å². The van der Waals surface area contributed by atoms with Gasteiger partial charge in [-0.1, -0.05) is 18.2 Å². The summed E-state index contributed by atoms with van der Waals surface area (Å²) < 4.78 is 5.70. The predicted octanol–water partition coefficient (Wildman–Crippen LogP) is 2.57. The largest absolute Gasteiger partial charge is 0.439 e. The second-order valence-corrected chi connectivity index (χ2v) is 6.55. The summed E-state index contributed by atoms with van der Waals surface area (Å²) in [6.07, 6.45) is 3.77. The molecule has 2 aromatic rings. The Labute approximate surface area is 153 Å². The molecule has 1 aliphatic heterocycles. The van der Waals surface area contributed by atoms with E-state index in [-0.39, 0.29) is 11.9 Å². The molecule has 1 saturated heterocycles. The fourth-order valence-electron chi connectivity index (χ4n) is 3.05. The Morgan fingerprint density at radius 2 is 2.15 bits per heavy atom. The molecule has 2 atom stereocenters. The Balaban J connectivity index is 1.59. The van der Waals surface area contributed by atoms with Crippen molar-refractivity contribution in [3.05, 3.63) is 53.7 Å². The van der Waals surface area contributed by atoms with Gasteiger partial charge in [-0.15, -0.1) is 0 Å². The van der Waals surface area contributed by atoms with Crippen LogP contribution in [-0.4, -0.2) is 34.4 Å². The van der Waals surface area contributed by atoms with E-state index in [1.54, 1.807) is 11.1 Å². The number of nitrogens with zero attached hydrogens (tertiary/aromatic N) is 3. The molecule has 6 heteroatoms. The summed E-state index contributed by atoms with van der Waals surface area (Å²) in [6, 6.07) is 12.4. The van der Waals surface area contributed by atoms with Crippen LogP contribution in [0.3, 0.4) is 0 Å². The van der Waals surface area contributed by atoms with Gasteiger partial charge in [-0.2, -0.15) is 5.26 Å². The molecule has 134 valence electrons. The number of carbonyl (C=O) groups excluding carboxylic acids is 1. The molecule has 6 nitrogen and oxygen atoms in total. The number of hydrogen-bond donors (Lipinski definition) is 1. The van der Waals surface area contributed by atoms with Crippen LogP contribution in [0.1, 0.15) is 24.0 Å². The minimum absolute atomic E-state index is 0.154. The molecule has 2 N–H and O–H groups in total. The monoisotopic (exact) mass is 350 g/mol. The lowest BCUT2D eigenvalue weighted by molar-refractivity contribution is -0.132. The van der Waals surface area contributed by atoms with Gasteiger partial charge in [0.2, 0.25) is 11.8 Å². The topological polar surface area (TPSA) is 92.2 Å². The van der Waals surface area contributed by atoms with Gasteiger partial charge >= 0.3 is 0 Å².